The van der Waals surface area contributed by atoms with Crippen LogP contribution in [0, 0.1) is 5.82 Å². The van der Waals surface area contributed by atoms with E-state index in [9.17, 15) is 22.4 Å². The molecule has 1 aliphatic carbocycles. The van der Waals surface area contributed by atoms with E-state index in [0.29, 0.717) is 24.4 Å². The van der Waals surface area contributed by atoms with E-state index in [0.717, 1.165) is 38.2 Å². The van der Waals surface area contributed by atoms with Crippen molar-refractivity contribution in [2.75, 3.05) is 5.32 Å². The molecule has 0 saturated heterocycles. The Kier molecular flexibility index (Phi) is 7.36. The molecule has 34 heavy (non-hydrogen) atoms. The van der Waals surface area contributed by atoms with Gasteiger partial charge in [-0.2, -0.15) is 13.2 Å². The van der Waals surface area contributed by atoms with Gasteiger partial charge in [-0.15, -0.1) is 0 Å². The summed E-state index contributed by atoms with van der Waals surface area (Å²) in [6, 6.07) is 14.6. The second-order valence-corrected chi connectivity index (χ2v) is 8.59. The zero-order chi connectivity index (χ0) is 24.1. The normalized spacial score (nSPS) is 15.0. The maximum atomic E-state index is 13.8. The van der Waals surface area contributed by atoms with Crippen molar-refractivity contribution in [3.63, 3.8) is 0 Å². The number of halogens is 4. The van der Waals surface area contributed by atoms with Crippen molar-refractivity contribution in [3.8, 4) is 0 Å². The molecule has 4 nitrogen and oxygen atoms in total. The Morgan fingerprint density at radius 2 is 1.74 bits per heavy atom. The molecule has 1 aromatic heterocycles. The van der Waals surface area contributed by atoms with E-state index in [1.807, 2.05) is 0 Å². The first-order valence-electron chi connectivity index (χ1n) is 11.3. The van der Waals surface area contributed by atoms with Gasteiger partial charge in [0.2, 0.25) is 0 Å². The average Bonchev–Trinajstić information content (AvgIpc) is 3.29. The van der Waals surface area contributed by atoms with Gasteiger partial charge in [-0.1, -0.05) is 49.6 Å². The summed E-state index contributed by atoms with van der Waals surface area (Å²) in [7, 11) is 0. The molecule has 0 aliphatic heterocycles. The van der Waals surface area contributed by atoms with E-state index in [1.54, 1.807) is 18.2 Å². The van der Waals surface area contributed by atoms with Crippen molar-refractivity contribution in [1.29, 1.82) is 0 Å². The van der Waals surface area contributed by atoms with Crippen LogP contribution >= 0.6 is 0 Å². The third-order valence-electron chi connectivity index (χ3n) is 6.10. The van der Waals surface area contributed by atoms with E-state index in [2.05, 4.69) is 10.2 Å². The lowest BCUT2D eigenvalue weighted by atomic mass is 9.93. The summed E-state index contributed by atoms with van der Waals surface area (Å²) in [6.45, 7) is 0.694. The number of benzene rings is 2. The molecule has 1 fully saturated rings. The van der Waals surface area contributed by atoms with Crippen molar-refractivity contribution in [2.24, 2.45) is 0 Å². The minimum atomic E-state index is -4.40. The number of amides is 1. The molecule has 0 atom stereocenters. The van der Waals surface area contributed by atoms with E-state index in [4.69, 9.17) is 4.42 Å². The van der Waals surface area contributed by atoms with Gasteiger partial charge >= 0.3 is 6.18 Å². The molecule has 1 heterocycles. The fourth-order valence-electron chi connectivity index (χ4n) is 4.37. The van der Waals surface area contributed by atoms with Crippen LogP contribution in [0.15, 0.2) is 65.1 Å². The van der Waals surface area contributed by atoms with Crippen LogP contribution in [0.25, 0.3) is 0 Å². The van der Waals surface area contributed by atoms with Crippen LogP contribution < -0.4 is 5.32 Å². The Bertz CT molecular complexity index is 1120. The van der Waals surface area contributed by atoms with Crippen LogP contribution in [-0.4, -0.2) is 16.8 Å². The van der Waals surface area contributed by atoms with Gasteiger partial charge in [0, 0.05) is 12.6 Å². The van der Waals surface area contributed by atoms with Crippen LogP contribution in [0.2, 0.25) is 0 Å². The summed E-state index contributed by atoms with van der Waals surface area (Å²) < 4.78 is 59.1. The zero-order valence-electron chi connectivity index (χ0n) is 18.6. The summed E-state index contributed by atoms with van der Waals surface area (Å²) in [4.78, 5) is 14.6. The third-order valence-corrected chi connectivity index (χ3v) is 6.10. The number of hydrogen-bond donors (Lipinski definition) is 1. The van der Waals surface area contributed by atoms with E-state index in [1.165, 1.54) is 36.4 Å². The fourth-order valence-corrected chi connectivity index (χ4v) is 4.37. The number of alkyl halides is 3. The predicted molar refractivity (Wildman–Crippen MR) is 121 cm³/mol. The second kappa shape index (κ2) is 10.4. The maximum absolute atomic E-state index is 13.8. The molecule has 3 aromatic rings. The van der Waals surface area contributed by atoms with Gasteiger partial charge in [-0.3, -0.25) is 9.69 Å². The lowest BCUT2D eigenvalue weighted by Gasteiger charge is -2.34. The molecule has 1 amide bonds. The molecular weight excluding hydrogens is 448 g/mol. The van der Waals surface area contributed by atoms with E-state index >= 15 is 0 Å². The lowest BCUT2D eigenvalue weighted by molar-refractivity contribution is -0.137. The van der Waals surface area contributed by atoms with Gasteiger partial charge in [-0.25, -0.2) is 4.39 Å². The smallest absolute Gasteiger partial charge is 0.416 e. The van der Waals surface area contributed by atoms with E-state index < -0.39 is 23.5 Å². The minimum Gasteiger partial charge on any atom is -0.455 e. The number of nitrogens with one attached hydrogen (secondary N) is 1. The Balaban J connectivity index is 1.49. The van der Waals surface area contributed by atoms with Gasteiger partial charge in [-0.05, 0) is 48.7 Å². The molecule has 0 spiro atoms. The van der Waals surface area contributed by atoms with Crippen LogP contribution in [0.5, 0.6) is 0 Å². The van der Waals surface area contributed by atoms with Gasteiger partial charge < -0.3 is 9.73 Å². The molecule has 1 saturated carbocycles. The highest BCUT2D eigenvalue weighted by atomic mass is 19.4. The minimum absolute atomic E-state index is 0.0425. The summed E-state index contributed by atoms with van der Waals surface area (Å²) in [5, 5.41) is 2.49. The quantitative estimate of drug-likeness (QED) is 0.374. The number of para-hydroxylation sites is 1. The Morgan fingerprint density at radius 1 is 0.971 bits per heavy atom. The third kappa shape index (κ3) is 6.05. The van der Waals surface area contributed by atoms with Gasteiger partial charge in [0.25, 0.3) is 5.91 Å². The molecule has 0 unspecified atom stereocenters. The first kappa shape index (κ1) is 24.0. The topological polar surface area (TPSA) is 45.5 Å². The predicted octanol–water partition coefficient (Wildman–Crippen LogP) is 7.02. The van der Waals surface area contributed by atoms with Crippen LogP contribution in [0.1, 0.15) is 59.5 Å². The molecule has 0 bridgehead atoms. The van der Waals surface area contributed by atoms with Gasteiger partial charge in [0.05, 0.1) is 17.8 Å². The molecule has 2 aromatic carbocycles. The molecule has 4 rings (SSSR count). The maximum Gasteiger partial charge on any atom is 0.416 e. The monoisotopic (exact) mass is 474 g/mol. The summed E-state index contributed by atoms with van der Waals surface area (Å²) in [6.07, 6.45) is 0.805. The molecular formula is C26H26F4N2O2. The first-order valence-corrected chi connectivity index (χ1v) is 11.3. The number of nitrogens with zero attached hydrogens (tertiary/aromatic N) is 1. The standard InChI is InChI=1S/C26H26F4N2O2/c27-22-11-4-5-12-23(22)31-25(33)24-14-13-21(34-24)17-32(20-9-2-1-3-10-20)16-18-7-6-8-19(15-18)26(28,29)30/h4-8,11-15,20H,1-3,9-10,16-17H2,(H,31,33). The Morgan fingerprint density at radius 3 is 2.47 bits per heavy atom. The van der Waals surface area contributed by atoms with Crippen LogP contribution in [0.4, 0.5) is 23.2 Å². The van der Waals surface area contributed by atoms with Crippen molar-refractivity contribution in [3.05, 3.63) is 89.1 Å². The lowest BCUT2D eigenvalue weighted by Crippen LogP contribution is -2.35. The molecule has 0 radical (unpaired) electrons. The number of hydrogen-bond acceptors (Lipinski definition) is 3. The van der Waals surface area contributed by atoms with Crippen molar-refractivity contribution < 1.29 is 26.8 Å². The summed E-state index contributed by atoms with van der Waals surface area (Å²) in [5.41, 5.74) is -0.0398. The highest BCUT2D eigenvalue weighted by Crippen LogP contribution is 2.31. The van der Waals surface area contributed by atoms with Crippen molar-refractivity contribution in [2.45, 2.75) is 57.4 Å². The average molecular weight is 474 g/mol. The van der Waals surface area contributed by atoms with Crippen molar-refractivity contribution in [1.82, 2.24) is 4.90 Å². The Labute approximate surface area is 195 Å². The molecule has 1 N–H and O–H groups in total. The van der Waals surface area contributed by atoms with Gasteiger partial charge in [0.1, 0.15) is 11.6 Å². The second-order valence-electron chi connectivity index (χ2n) is 8.59. The summed E-state index contributed by atoms with van der Waals surface area (Å²) in [5.74, 6) is -0.553. The molecule has 180 valence electrons. The van der Waals surface area contributed by atoms with Crippen LogP contribution in [0.3, 0.4) is 0 Å². The SMILES string of the molecule is O=C(Nc1ccccc1F)c1ccc(CN(Cc2cccc(C(F)(F)F)c2)C2CCCCC2)o1. The summed E-state index contributed by atoms with van der Waals surface area (Å²) >= 11 is 0. The largest absolute Gasteiger partial charge is 0.455 e. The zero-order valence-corrected chi connectivity index (χ0v) is 18.6. The van der Waals surface area contributed by atoms with Crippen LogP contribution in [-0.2, 0) is 19.3 Å². The fraction of sp³-hybridized carbons (Fsp3) is 0.346. The number of rotatable bonds is 7. The molecule has 8 heteroatoms. The molecule has 1 aliphatic rings. The number of carbonyl (C=O) groups excluding carboxylic acids is 1. The van der Waals surface area contributed by atoms with Crippen molar-refractivity contribution >= 4 is 11.6 Å². The first-order chi connectivity index (χ1) is 16.3. The Hall–Kier alpha value is -3.13. The number of carbonyl (C=O) groups is 1. The highest BCUT2D eigenvalue weighted by molar-refractivity contribution is 6.02. The number of anilines is 1. The van der Waals surface area contributed by atoms with E-state index in [-0.39, 0.29) is 17.5 Å². The number of furan rings is 1. The van der Waals surface area contributed by atoms with Gasteiger partial charge in [0.15, 0.2) is 5.76 Å². The highest BCUT2D eigenvalue weighted by Gasteiger charge is 2.31.